The summed E-state index contributed by atoms with van der Waals surface area (Å²) in [7, 11) is 3.50. The maximum atomic E-state index is 13.0. The van der Waals surface area contributed by atoms with Crippen LogP contribution in [0.15, 0.2) is 30.3 Å². The molecule has 0 spiro atoms. The normalized spacial score (nSPS) is 15.4. The molecule has 2 aromatic rings. The van der Waals surface area contributed by atoms with Crippen molar-refractivity contribution in [2.45, 2.75) is 32.4 Å². The number of likely N-dealkylation sites (tertiary alicyclic amines) is 1. The average molecular weight is 342 g/mol. The minimum atomic E-state index is -0.358. The summed E-state index contributed by atoms with van der Waals surface area (Å²) in [6, 6.07) is 9.55. The van der Waals surface area contributed by atoms with Crippen molar-refractivity contribution in [2.75, 3.05) is 20.2 Å². The Labute approximate surface area is 148 Å². The third kappa shape index (κ3) is 3.69. The van der Waals surface area contributed by atoms with Gasteiger partial charge >= 0.3 is 0 Å². The number of aromatic nitrogens is 2. The lowest BCUT2D eigenvalue weighted by atomic mass is 10.0. The van der Waals surface area contributed by atoms with Crippen molar-refractivity contribution < 1.29 is 9.53 Å². The molecule has 1 fully saturated rings. The summed E-state index contributed by atoms with van der Waals surface area (Å²) in [6.07, 6.45) is 2.17. The molecular weight excluding hydrogens is 316 g/mol. The first-order valence-corrected chi connectivity index (χ1v) is 8.75. The number of hydrogen-bond donors (Lipinski definition) is 1. The fourth-order valence-corrected chi connectivity index (χ4v) is 3.46. The Morgan fingerprint density at radius 1 is 1.28 bits per heavy atom. The van der Waals surface area contributed by atoms with Crippen LogP contribution in [-0.2, 0) is 18.4 Å². The first-order chi connectivity index (χ1) is 12.1. The van der Waals surface area contributed by atoms with Crippen molar-refractivity contribution in [3.63, 3.8) is 0 Å². The van der Waals surface area contributed by atoms with Gasteiger partial charge in [-0.1, -0.05) is 30.3 Å². The van der Waals surface area contributed by atoms with Crippen LogP contribution >= 0.6 is 0 Å². The van der Waals surface area contributed by atoms with Gasteiger partial charge in [0.2, 0.25) is 11.8 Å². The molecule has 1 aliphatic heterocycles. The Balaban J connectivity index is 1.82. The Hall–Kier alpha value is -2.34. The van der Waals surface area contributed by atoms with Crippen molar-refractivity contribution in [1.82, 2.24) is 20.0 Å². The van der Waals surface area contributed by atoms with Crippen LogP contribution in [0.4, 0.5) is 0 Å². The first-order valence-electron chi connectivity index (χ1n) is 8.75. The van der Waals surface area contributed by atoms with Crippen LogP contribution in [0.25, 0.3) is 0 Å². The molecule has 1 aromatic carbocycles. The van der Waals surface area contributed by atoms with Crippen LogP contribution in [0.1, 0.15) is 35.7 Å². The number of benzene rings is 1. The number of carbonyl (C=O) groups excluding carboxylic acids is 1. The van der Waals surface area contributed by atoms with Gasteiger partial charge in [-0.2, -0.15) is 5.10 Å². The van der Waals surface area contributed by atoms with E-state index in [0.29, 0.717) is 6.54 Å². The van der Waals surface area contributed by atoms with E-state index in [2.05, 4.69) is 10.4 Å². The number of aryl methyl sites for hydroxylation is 2. The summed E-state index contributed by atoms with van der Waals surface area (Å²) in [6.45, 7) is 4.18. The molecule has 6 heteroatoms. The Bertz CT molecular complexity index is 721. The van der Waals surface area contributed by atoms with E-state index in [1.54, 1.807) is 11.8 Å². The van der Waals surface area contributed by atoms with Crippen LogP contribution in [0.2, 0.25) is 0 Å². The molecule has 0 aliphatic carbocycles. The molecule has 1 unspecified atom stereocenters. The predicted molar refractivity (Wildman–Crippen MR) is 96.3 cm³/mol. The van der Waals surface area contributed by atoms with E-state index in [-0.39, 0.29) is 11.9 Å². The monoisotopic (exact) mass is 342 g/mol. The summed E-state index contributed by atoms with van der Waals surface area (Å²) in [5.74, 6) is 0.870. The Kier molecular flexibility index (Phi) is 5.38. The zero-order chi connectivity index (χ0) is 17.8. The van der Waals surface area contributed by atoms with E-state index in [1.807, 2.05) is 49.2 Å². The SMILES string of the molecule is COc1c(CNC(C(=O)N2CCCC2)c2ccccc2)c(C)nn1C. The van der Waals surface area contributed by atoms with Crippen LogP contribution in [0.3, 0.4) is 0 Å². The van der Waals surface area contributed by atoms with Gasteiger partial charge in [-0.05, 0) is 25.3 Å². The summed E-state index contributed by atoms with van der Waals surface area (Å²) >= 11 is 0. The van der Waals surface area contributed by atoms with Crippen LogP contribution in [0.5, 0.6) is 5.88 Å². The number of nitrogens with zero attached hydrogens (tertiary/aromatic N) is 3. The molecule has 1 saturated heterocycles. The standard InChI is InChI=1S/C19H26N4O2/c1-14-16(19(25-3)22(2)21-14)13-20-17(15-9-5-4-6-10-15)18(24)23-11-7-8-12-23/h4-6,9-10,17,20H,7-8,11-13H2,1-3H3. The second-order valence-corrected chi connectivity index (χ2v) is 6.45. The number of nitrogens with one attached hydrogen (secondary N) is 1. The average Bonchev–Trinajstić information content (AvgIpc) is 3.24. The van der Waals surface area contributed by atoms with E-state index in [9.17, 15) is 4.79 Å². The maximum absolute atomic E-state index is 13.0. The summed E-state index contributed by atoms with van der Waals surface area (Å²) in [5.41, 5.74) is 2.88. The predicted octanol–water partition coefficient (Wildman–Crippen LogP) is 2.19. The van der Waals surface area contributed by atoms with Gasteiger partial charge in [-0.3, -0.25) is 10.1 Å². The number of hydrogen-bond acceptors (Lipinski definition) is 4. The van der Waals surface area contributed by atoms with E-state index >= 15 is 0 Å². The second-order valence-electron chi connectivity index (χ2n) is 6.45. The zero-order valence-electron chi connectivity index (χ0n) is 15.2. The van der Waals surface area contributed by atoms with Crippen LogP contribution in [0, 0.1) is 6.92 Å². The lowest BCUT2D eigenvalue weighted by Gasteiger charge is -2.24. The molecule has 0 radical (unpaired) electrons. The minimum Gasteiger partial charge on any atom is -0.481 e. The summed E-state index contributed by atoms with van der Waals surface area (Å²) < 4.78 is 7.19. The van der Waals surface area contributed by atoms with Gasteiger partial charge in [0.05, 0.1) is 18.4 Å². The summed E-state index contributed by atoms with van der Waals surface area (Å²) in [5, 5.41) is 7.84. The molecule has 2 heterocycles. The number of ether oxygens (including phenoxy) is 1. The number of methoxy groups -OCH3 is 1. The summed E-state index contributed by atoms with van der Waals surface area (Å²) in [4.78, 5) is 15.0. The van der Waals surface area contributed by atoms with Gasteiger partial charge in [-0.25, -0.2) is 4.68 Å². The Morgan fingerprint density at radius 2 is 1.96 bits per heavy atom. The molecule has 25 heavy (non-hydrogen) atoms. The van der Waals surface area contributed by atoms with Gasteiger partial charge in [-0.15, -0.1) is 0 Å². The van der Waals surface area contributed by atoms with Crippen molar-refractivity contribution in [2.24, 2.45) is 7.05 Å². The number of rotatable bonds is 6. The Morgan fingerprint density at radius 3 is 2.60 bits per heavy atom. The van der Waals surface area contributed by atoms with Crippen molar-refractivity contribution in [3.05, 3.63) is 47.2 Å². The molecule has 1 aliphatic rings. The minimum absolute atomic E-state index is 0.143. The van der Waals surface area contributed by atoms with E-state index < -0.39 is 0 Å². The van der Waals surface area contributed by atoms with Gasteiger partial charge in [0.15, 0.2) is 0 Å². The van der Waals surface area contributed by atoms with Crippen LogP contribution < -0.4 is 10.1 Å². The highest BCUT2D eigenvalue weighted by Gasteiger charge is 2.28. The highest BCUT2D eigenvalue weighted by atomic mass is 16.5. The topological polar surface area (TPSA) is 59.4 Å². The van der Waals surface area contributed by atoms with Crippen LogP contribution in [-0.4, -0.2) is 40.8 Å². The third-order valence-corrected chi connectivity index (χ3v) is 4.76. The molecule has 1 atom stereocenters. The lowest BCUT2D eigenvalue weighted by Crippen LogP contribution is -2.39. The van der Waals surface area contributed by atoms with E-state index in [0.717, 1.165) is 48.6 Å². The van der Waals surface area contributed by atoms with Gasteiger partial charge in [0, 0.05) is 26.7 Å². The molecule has 1 aromatic heterocycles. The van der Waals surface area contributed by atoms with Gasteiger partial charge in [0.1, 0.15) is 6.04 Å². The molecule has 0 bridgehead atoms. The van der Waals surface area contributed by atoms with Gasteiger partial charge in [0.25, 0.3) is 0 Å². The molecular formula is C19H26N4O2. The molecule has 1 amide bonds. The van der Waals surface area contributed by atoms with Crippen molar-refractivity contribution in [1.29, 1.82) is 0 Å². The molecule has 0 saturated carbocycles. The highest BCUT2D eigenvalue weighted by molar-refractivity contribution is 5.83. The first kappa shape index (κ1) is 17.5. The zero-order valence-corrected chi connectivity index (χ0v) is 15.2. The number of carbonyl (C=O) groups is 1. The quantitative estimate of drug-likeness (QED) is 0.874. The maximum Gasteiger partial charge on any atom is 0.244 e. The fourth-order valence-electron chi connectivity index (χ4n) is 3.46. The lowest BCUT2D eigenvalue weighted by molar-refractivity contribution is -0.132. The second kappa shape index (κ2) is 7.70. The molecule has 3 rings (SSSR count). The van der Waals surface area contributed by atoms with Gasteiger partial charge < -0.3 is 9.64 Å². The third-order valence-electron chi connectivity index (χ3n) is 4.76. The molecule has 134 valence electrons. The molecule has 1 N–H and O–H groups in total. The van der Waals surface area contributed by atoms with E-state index in [4.69, 9.17) is 4.74 Å². The fraction of sp³-hybridized carbons (Fsp3) is 0.474. The smallest absolute Gasteiger partial charge is 0.244 e. The number of amides is 1. The highest BCUT2D eigenvalue weighted by Crippen LogP contribution is 2.24. The van der Waals surface area contributed by atoms with Crippen molar-refractivity contribution in [3.8, 4) is 5.88 Å². The van der Waals surface area contributed by atoms with E-state index in [1.165, 1.54) is 0 Å². The van der Waals surface area contributed by atoms with Crippen molar-refractivity contribution >= 4 is 5.91 Å². The molecule has 6 nitrogen and oxygen atoms in total. The largest absolute Gasteiger partial charge is 0.481 e.